The first-order valence-electron chi connectivity index (χ1n) is 22.4. The van der Waals surface area contributed by atoms with Crippen LogP contribution in [-0.4, -0.2) is 11.6 Å². The molecule has 9 rings (SSSR count). The maximum Gasteiger partial charge on any atom is 0.124 e. The van der Waals surface area contributed by atoms with Gasteiger partial charge in [0.05, 0.1) is 16.8 Å². The van der Waals surface area contributed by atoms with Crippen molar-refractivity contribution in [3.63, 3.8) is 0 Å². The van der Waals surface area contributed by atoms with Gasteiger partial charge in [0.2, 0.25) is 0 Å². The average Bonchev–Trinajstić information content (AvgIpc) is 3.79. The van der Waals surface area contributed by atoms with Crippen molar-refractivity contribution in [3.8, 4) is 16.3 Å². The number of fused-ring (bicyclic) bond motifs is 1. The number of para-hydroxylation sites is 1. The lowest BCUT2D eigenvalue weighted by Gasteiger charge is -2.25. The van der Waals surface area contributed by atoms with Gasteiger partial charge in [0, 0.05) is 33.2 Å². The number of rotatable bonds is 18. The number of benzene rings is 8. The van der Waals surface area contributed by atoms with Crippen LogP contribution in [0.2, 0.25) is 0 Å². The number of anilines is 3. The van der Waals surface area contributed by atoms with Gasteiger partial charge in [0.1, 0.15) is 10.8 Å². The minimum atomic E-state index is 0.724. The maximum absolute atomic E-state index is 6.22. The molecule has 64 heavy (non-hydrogen) atoms. The molecule has 0 spiro atoms. The second kappa shape index (κ2) is 21.2. The third-order valence-electron chi connectivity index (χ3n) is 11.6. The summed E-state index contributed by atoms with van der Waals surface area (Å²) in [5.74, 6) is 0.890. The molecule has 0 atom stereocenters. The summed E-state index contributed by atoms with van der Waals surface area (Å²) in [6.07, 6.45) is 8.26. The van der Waals surface area contributed by atoms with E-state index in [2.05, 4.69) is 233 Å². The van der Waals surface area contributed by atoms with Gasteiger partial charge in [-0.2, -0.15) is 0 Å². The van der Waals surface area contributed by atoms with Gasteiger partial charge in [-0.3, -0.25) is 0 Å². The van der Waals surface area contributed by atoms with Crippen LogP contribution in [0.5, 0.6) is 5.75 Å². The normalized spacial score (nSPS) is 11.1. The molecular weight excluding hydrogens is 865 g/mol. The Hall–Kier alpha value is -6.53. The highest BCUT2D eigenvalue weighted by Gasteiger charge is 2.17. The lowest BCUT2D eigenvalue weighted by Crippen LogP contribution is -2.09. The van der Waals surface area contributed by atoms with E-state index in [9.17, 15) is 0 Å². The molecule has 0 fully saturated rings. The van der Waals surface area contributed by atoms with Crippen molar-refractivity contribution in [2.75, 3.05) is 11.5 Å². The third kappa shape index (κ3) is 10.6. The molecule has 1 aromatic heterocycles. The molecule has 316 valence electrons. The van der Waals surface area contributed by atoms with Crippen molar-refractivity contribution >= 4 is 65.7 Å². The van der Waals surface area contributed by atoms with Gasteiger partial charge < -0.3 is 9.64 Å². The fraction of sp³-hybridized carbons (Fsp3) is 0.136. The molecule has 0 saturated carbocycles. The summed E-state index contributed by atoms with van der Waals surface area (Å²) in [6, 6.07) is 75.6. The van der Waals surface area contributed by atoms with E-state index < -0.39 is 0 Å². The van der Waals surface area contributed by atoms with E-state index >= 15 is 0 Å². The third-order valence-corrected chi connectivity index (χ3v) is 13.3. The van der Waals surface area contributed by atoms with Crippen molar-refractivity contribution in [3.05, 3.63) is 245 Å². The van der Waals surface area contributed by atoms with Crippen molar-refractivity contribution in [1.29, 1.82) is 0 Å². The van der Waals surface area contributed by atoms with Crippen molar-refractivity contribution < 1.29 is 4.74 Å². The minimum absolute atomic E-state index is 0.724. The summed E-state index contributed by atoms with van der Waals surface area (Å²) < 4.78 is 8.44. The zero-order valence-corrected chi connectivity index (χ0v) is 38.4. The average molecular weight is 916 g/mol. The molecule has 0 amide bonds. The first-order valence-corrected chi connectivity index (χ1v) is 24.0. The largest absolute Gasteiger partial charge is 0.494 e. The fourth-order valence-corrected chi connectivity index (χ4v) is 9.60. The van der Waals surface area contributed by atoms with Gasteiger partial charge in [-0.05, 0) is 131 Å². The maximum atomic E-state index is 6.22. The molecule has 0 aliphatic rings. The Morgan fingerprint density at radius 2 is 0.953 bits per heavy atom. The fourth-order valence-electron chi connectivity index (χ4n) is 8.38. The summed E-state index contributed by atoms with van der Waals surface area (Å²) >= 11 is 5.30. The lowest BCUT2D eigenvalue weighted by atomic mass is 9.85. The van der Waals surface area contributed by atoms with Crippen molar-refractivity contribution in [2.24, 2.45) is 0 Å². The summed E-state index contributed by atoms with van der Waals surface area (Å²) in [5.41, 5.74) is 14.2. The van der Waals surface area contributed by atoms with Crippen LogP contribution in [0, 0.1) is 0 Å². The van der Waals surface area contributed by atoms with Gasteiger partial charge in [0.15, 0.2) is 0 Å². The molecule has 5 heteroatoms. The van der Waals surface area contributed by atoms with Crippen LogP contribution in [-0.2, 0) is 6.42 Å². The number of nitrogens with zero attached hydrogens (tertiary/aromatic N) is 2. The topological polar surface area (TPSA) is 25.4 Å². The Kier molecular flexibility index (Phi) is 14.2. The Bertz CT molecular complexity index is 2840. The van der Waals surface area contributed by atoms with Gasteiger partial charge in [0.25, 0.3) is 0 Å². The quantitative estimate of drug-likeness (QED) is 0.0633. The summed E-state index contributed by atoms with van der Waals surface area (Å²) in [6.45, 7) is 0.724. The van der Waals surface area contributed by atoms with Crippen molar-refractivity contribution in [1.82, 2.24) is 4.98 Å². The summed E-state index contributed by atoms with van der Waals surface area (Å²) in [5, 5.41) is 1.01. The van der Waals surface area contributed by atoms with E-state index in [-0.39, 0.29) is 0 Å². The number of aryl methyl sites for hydroxylation is 1. The number of hydrogen-bond donors (Lipinski definition) is 0. The van der Waals surface area contributed by atoms with Crippen LogP contribution >= 0.6 is 27.3 Å². The van der Waals surface area contributed by atoms with E-state index in [0.29, 0.717) is 0 Å². The molecule has 0 N–H and O–H groups in total. The Balaban J connectivity index is 0.746. The van der Waals surface area contributed by atoms with E-state index in [4.69, 9.17) is 9.72 Å². The van der Waals surface area contributed by atoms with Gasteiger partial charge in [-0.1, -0.05) is 175 Å². The molecule has 8 aromatic carbocycles. The van der Waals surface area contributed by atoms with E-state index in [1.54, 1.807) is 11.3 Å². The second-order valence-electron chi connectivity index (χ2n) is 16.1. The summed E-state index contributed by atoms with van der Waals surface area (Å²) in [4.78, 5) is 7.30. The number of hydrogen-bond acceptors (Lipinski definition) is 4. The van der Waals surface area contributed by atoms with E-state index in [0.717, 1.165) is 67.5 Å². The molecule has 0 bridgehead atoms. The highest BCUT2D eigenvalue weighted by molar-refractivity contribution is 9.10. The van der Waals surface area contributed by atoms with E-state index in [1.165, 1.54) is 71.1 Å². The predicted octanol–water partition coefficient (Wildman–Crippen LogP) is 17.2. The summed E-state index contributed by atoms with van der Waals surface area (Å²) in [7, 11) is 0. The van der Waals surface area contributed by atoms with Gasteiger partial charge >= 0.3 is 0 Å². The van der Waals surface area contributed by atoms with Crippen LogP contribution in [0.1, 0.15) is 66.3 Å². The Morgan fingerprint density at radius 1 is 0.469 bits per heavy atom. The zero-order valence-electron chi connectivity index (χ0n) is 36.0. The number of unbranched alkanes of at least 4 members (excludes halogenated alkanes) is 5. The van der Waals surface area contributed by atoms with E-state index in [1.807, 2.05) is 0 Å². The van der Waals surface area contributed by atoms with Gasteiger partial charge in [-0.25, -0.2) is 4.98 Å². The number of thiazole rings is 1. The molecule has 0 unspecified atom stereocenters. The molecule has 0 aliphatic heterocycles. The Morgan fingerprint density at radius 3 is 1.53 bits per heavy atom. The number of halogens is 1. The molecule has 1 heterocycles. The highest BCUT2D eigenvalue weighted by atomic mass is 79.9. The van der Waals surface area contributed by atoms with Crippen LogP contribution in [0.3, 0.4) is 0 Å². The number of aromatic nitrogens is 1. The molecule has 0 aliphatic carbocycles. The first-order chi connectivity index (χ1) is 31.7. The van der Waals surface area contributed by atoms with Crippen LogP contribution in [0.25, 0.3) is 31.9 Å². The van der Waals surface area contributed by atoms with Crippen LogP contribution in [0.15, 0.2) is 217 Å². The standard InChI is InChI=1S/C59H51BrN2OS/c60-50-34-38-53(39-35-50)62(51-26-16-8-17-27-51)52-36-32-49(33-37-52)59-61-55-43-54(40-41-56(55)64-59)63-42-18-4-2-1-3-9-19-44-28-30-48(31-29-44)58(47-24-14-7-15-25-47)57(45-20-10-5-11-21-45)46-22-12-6-13-23-46/h5-8,10-17,20-41,43H,1-4,9,18-19,42H2. The molecule has 9 aromatic rings. The van der Waals surface area contributed by atoms with Crippen molar-refractivity contribution in [2.45, 2.75) is 44.9 Å². The zero-order chi connectivity index (χ0) is 43.3. The second-order valence-corrected chi connectivity index (χ2v) is 18.1. The molecule has 3 nitrogen and oxygen atoms in total. The smallest absolute Gasteiger partial charge is 0.124 e. The lowest BCUT2D eigenvalue weighted by molar-refractivity contribution is 0.304. The predicted molar refractivity (Wildman–Crippen MR) is 275 cm³/mol. The van der Waals surface area contributed by atoms with Crippen LogP contribution in [0.4, 0.5) is 17.1 Å². The monoisotopic (exact) mass is 914 g/mol. The Labute approximate surface area is 390 Å². The first kappa shape index (κ1) is 42.8. The molecule has 0 saturated heterocycles. The van der Waals surface area contributed by atoms with Crippen LogP contribution < -0.4 is 9.64 Å². The highest BCUT2D eigenvalue weighted by Crippen LogP contribution is 2.39. The minimum Gasteiger partial charge on any atom is -0.494 e. The molecule has 0 radical (unpaired) electrons. The molecular formula is C59H51BrN2OS. The number of ether oxygens (including phenoxy) is 1. The SMILES string of the molecule is Brc1ccc(N(c2ccccc2)c2ccc(-c3nc4cc(OCCCCCCCCc5ccc(C(=C(c6ccccc6)c6ccccc6)c6ccccc6)cc5)ccc4s3)cc2)cc1. The van der Waals surface area contributed by atoms with Gasteiger partial charge in [-0.15, -0.1) is 11.3 Å².